The van der Waals surface area contributed by atoms with Crippen molar-refractivity contribution in [3.8, 4) is 6.07 Å². The summed E-state index contributed by atoms with van der Waals surface area (Å²) in [4.78, 5) is 29.2. The van der Waals surface area contributed by atoms with Crippen LogP contribution in [0.4, 0.5) is 21.5 Å². The summed E-state index contributed by atoms with van der Waals surface area (Å²) >= 11 is 1.37. The van der Waals surface area contributed by atoms with Crippen molar-refractivity contribution in [2.45, 2.75) is 0 Å². The highest BCUT2D eigenvalue weighted by atomic mass is 32.1. The van der Waals surface area contributed by atoms with Crippen LogP contribution in [-0.2, 0) is 4.79 Å². The van der Waals surface area contributed by atoms with Gasteiger partial charge in [0, 0.05) is 37.6 Å². The number of hydrogen-bond donors (Lipinski definition) is 2. The molecule has 0 radical (unpaired) electrons. The molecule has 1 aliphatic heterocycles. The van der Waals surface area contributed by atoms with Crippen LogP contribution in [-0.4, -0.2) is 49.4 Å². The number of benzene rings is 2. The van der Waals surface area contributed by atoms with Crippen molar-refractivity contribution >= 4 is 40.2 Å². The van der Waals surface area contributed by atoms with E-state index in [1.807, 2.05) is 27.3 Å². The molecule has 1 aromatic heterocycles. The molecule has 9 heteroatoms. The first-order valence-corrected chi connectivity index (χ1v) is 11.3. The van der Waals surface area contributed by atoms with Crippen molar-refractivity contribution in [2.75, 3.05) is 48.3 Å². The van der Waals surface area contributed by atoms with E-state index in [0.29, 0.717) is 48.1 Å². The minimum Gasteiger partial charge on any atom is -0.368 e. The Hall–Kier alpha value is -3.74. The number of carbonyl (C=O) groups excluding carboxylic acids is 2. The highest BCUT2D eigenvalue weighted by molar-refractivity contribution is 7.12. The van der Waals surface area contributed by atoms with Crippen LogP contribution < -0.4 is 15.5 Å². The van der Waals surface area contributed by atoms with Crippen LogP contribution in [0.15, 0.2) is 60.0 Å². The Morgan fingerprint density at radius 1 is 0.970 bits per heavy atom. The first-order valence-electron chi connectivity index (χ1n) is 10.4. The summed E-state index contributed by atoms with van der Waals surface area (Å²) in [7, 11) is 0. The van der Waals surface area contributed by atoms with Gasteiger partial charge in [-0.25, -0.2) is 4.39 Å². The van der Waals surface area contributed by atoms with Crippen LogP contribution in [0, 0.1) is 17.1 Å². The van der Waals surface area contributed by atoms with Crippen molar-refractivity contribution in [3.05, 3.63) is 76.2 Å². The third-order valence-corrected chi connectivity index (χ3v) is 6.22. The zero-order chi connectivity index (χ0) is 23.2. The largest absolute Gasteiger partial charge is 0.368 e. The minimum atomic E-state index is -0.520. The summed E-state index contributed by atoms with van der Waals surface area (Å²) in [6.07, 6.45) is 0. The first-order chi connectivity index (χ1) is 16.0. The molecule has 0 unspecified atom stereocenters. The Balaban J connectivity index is 1.26. The van der Waals surface area contributed by atoms with Gasteiger partial charge in [0.1, 0.15) is 17.4 Å². The summed E-state index contributed by atoms with van der Waals surface area (Å²) in [5.74, 6) is -0.822. The van der Waals surface area contributed by atoms with E-state index in [1.54, 1.807) is 42.5 Å². The molecule has 2 heterocycles. The van der Waals surface area contributed by atoms with Crippen molar-refractivity contribution in [2.24, 2.45) is 0 Å². The van der Waals surface area contributed by atoms with Gasteiger partial charge in [-0.2, -0.15) is 5.26 Å². The number of thiophene rings is 1. The van der Waals surface area contributed by atoms with Crippen LogP contribution in [0.25, 0.3) is 0 Å². The van der Waals surface area contributed by atoms with Gasteiger partial charge >= 0.3 is 0 Å². The van der Waals surface area contributed by atoms with Gasteiger partial charge in [-0.1, -0.05) is 12.1 Å². The Morgan fingerprint density at radius 3 is 2.30 bits per heavy atom. The van der Waals surface area contributed by atoms with E-state index >= 15 is 0 Å². The average Bonchev–Trinajstić information content (AvgIpc) is 3.36. The Morgan fingerprint density at radius 2 is 1.67 bits per heavy atom. The number of piperazine rings is 1. The fraction of sp³-hybridized carbons (Fsp3) is 0.208. The van der Waals surface area contributed by atoms with Crippen LogP contribution in [0.3, 0.4) is 0 Å². The third kappa shape index (κ3) is 5.55. The molecule has 1 aliphatic rings. The van der Waals surface area contributed by atoms with E-state index in [4.69, 9.17) is 0 Å². The molecule has 2 amide bonds. The standard InChI is InChI=1S/C24H22FN5O2S/c25-20-3-1-4-21(19(20)15-26)30-12-10-29(11-13-30)16-23(31)27-17-6-8-18(9-7-17)28-24(32)22-5-2-14-33-22/h1-9,14H,10-13,16H2,(H,27,31)(H,28,32). The van der Waals surface area contributed by atoms with Crippen molar-refractivity contribution < 1.29 is 14.0 Å². The van der Waals surface area contributed by atoms with E-state index in [0.717, 1.165) is 0 Å². The number of amides is 2. The topological polar surface area (TPSA) is 88.5 Å². The predicted octanol–water partition coefficient (Wildman–Crippen LogP) is 3.77. The van der Waals surface area contributed by atoms with Crippen LogP contribution in [0.2, 0.25) is 0 Å². The van der Waals surface area contributed by atoms with Gasteiger partial charge in [-0.05, 0) is 47.8 Å². The minimum absolute atomic E-state index is 0.0544. The molecular formula is C24H22FN5O2S. The van der Waals surface area contributed by atoms with E-state index in [2.05, 4.69) is 10.6 Å². The van der Waals surface area contributed by atoms with Gasteiger partial charge < -0.3 is 15.5 Å². The molecule has 1 saturated heterocycles. The number of nitrogens with zero attached hydrogens (tertiary/aromatic N) is 3. The molecule has 168 valence electrons. The lowest BCUT2D eigenvalue weighted by atomic mass is 10.1. The normalized spacial score (nSPS) is 13.9. The van der Waals surface area contributed by atoms with Crippen LogP contribution >= 0.6 is 11.3 Å². The summed E-state index contributed by atoms with van der Waals surface area (Å²) in [5.41, 5.74) is 1.94. The molecule has 0 saturated carbocycles. The number of rotatable bonds is 6. The Kier molecular flexibility index (Phi) is 6.98. The maximum Gasteiger partial charge on any atom is 0.265 e. The molecule has 0 aliphatic carbocycles. The molecule has 0 bridgehead atoms. The number of nitriles is 1. The molecular weight excluding hydrogens is 441 g/mol. The summed E-state index contributed by atoms with van der Waals surface area (Å²) in [6.45, 7) is 2.69. The van der Waals surface area contributed by atoms with Gasteiger partial charge in [0.05, 0.1) is 17.1 Å². The number of hydrogen-bond acceptors (Lipinski definition) is 6. The SMILES string of the molecule is N#Cc1c(F)cccc1N1CCN(CC(=O)Nc2ccc(NC(=O)c3cccs3)cc2)CC1. The van der Waals surface area contributed by atoms with Gasteiger partial charge in [0.25, 0.3) is 5.91 Å². The lowest BCUT2D eigenvalue weighted by molar-refractivity contribution is -0.117. The number of carbonyl (C=O) groups is 2. The number of nitrogens with one attached hydrogen (secondary N) is 2. The fourth-order valence-corrected chi connectivity index (χ4v) is 4.29. The third-order valence-electron chi connectivity index (χ3n) is 5.36. The predicted molar refractivity (Wildman–Crippen MR) is 127 cm³/mol. The maximum absolute atomic E-state index is 13.9. The summed E-state index contributed by atoms with van der Waals surface area (Å²) < 4.78 is 13.9. The highest BCUT2D eigenvalue weighted by Gasteiger charge is 2.22. The van der Waals surface area contributed by atoms with Gasteiger partial charge in [0.15, 0.2) is 0 Å². The summed E-state index contributed by atoms with van der Waals surface area (Å²) in [6, 6.07) is 17.1. The summed E-state index contributed by atoms with van der Waals surface area (Å²) in [5, 5.41) is 16.8. The lowest BCUT2D eigenvalue weighted by Gasteiger charge is -2.36. The van der Waals surface area contributed by atoms with Crippen molar-refractivity contribution in [3.63, 3.8) is 0 Å². The quantitative estimate of drug-likeness (QED) is 0.581. The van der Waals surface area contributed by atoms with Crippen molar-refractivity contribution in [1.29, 1.82) is 5.26 Å². The molecule has 4 rings (SSSR count). The zero-order valence-corrected chi connectivity index (χ0v) is 18.6. The Labute approximate surface area is 195 Å². The fourth-order valence-electron chi connectivity index (χ4n) is 3.67. The molecule has 33 heavy (non-hydrogen) atoms. The Bertz CT molecular complexity index is 1170. The molecule has 0 spiro atoms. The smallest absolute Gasteiger partial charge is 0.265 e. The van der Waals surface area contributed by atoms with E-state index < -0.39 is 5.82 Å². The average molecular weight is 464 g/mol. The lowest BCUT2D eigenvalue weighted by Crippen LogP contribution is -2.48. The van der Waals surface area contributed by atoms with E-state index in [9.17, 15) is 19.2 Å². The molecule has 2 N–H and O–H groups in total. The molecule has 3 aromatic rings. The van der Waals surface area contributed by atoms with Gasteiger partial charge in [-0.3, -0.25) is 14.5 Å². The first kappa shape index (κ1) is 22.5. The van der Waals surface area contributed by atoms with Crippen LogP contribution in [0.1, 0.15) is 15.2 Å². The second kappa shape index (κ2) is 10.3. The van der Waals surface area contributed by atoms with Crippen molar-refractivity contribution in [1.82, 2.24) is 4.90 Å². The van der Waals surface area contributed by atoms with Gasteiger partial charge in [0.2, 0.25) is 5.91 Å². The molecule has 0 atom stereocenters. The van der Waals surface area contributed by atoms with E-state index in [-0.39, 0.29) is 23.9 Å². The van der Waals surface area contributed by atoms with Crippen LogP contribution in [0.5, 0.6) is 0 Å². The highest BCUT2D eigenvalue weighted by Crippen LogP contribution is 2.23. The second-order valence-electron chi connectivity index (χ2n) is 7.57. The number of anilines is 3. The molecule has 7 nitrogen and oxygen atoms in total. The monoisotopic (exact) mass is 463 g/mol. The maximum atomic E-state index is 13.9. The molecule has 1 fully saturated rings. The molecule has 2 aromatic carbocycles. The second-order valence-corrected chi connectivity index (χ2v) is 8.51. The number of halogens is 1. The zero-order valence-electron chi connectivity index (χ0n) is 17.8. The van der Waals surface area contributed by atoms with Gasteiger partial charge in [-0.15, -0.1) is 11.3 Å². The van der Waals surface area contributed by atoms with E-state index in [1.165, 1.54) is 17.4 Å².